The minimum absolute atomic E-state index is 0.0627. The van der Waals surface area contributed by atoms with E-state index in [2.05, 4.69) is 27.3 Å². The second kappa shape index (κ2) is 6.17. The Labute approximate surface area is 142 Å². The van der Waals surface area contributed by atoms with Crippen molar-refractivity contribution in [3.63, 3.8) is 0 Å². The maximum absolute atomic E-state index is 6.14. The van der Waals surface area contributed by atoms with Gasteiger partial charge in [0.15, 0.2) is 0 Å². The number of fused-ring (bicyclic) bond motifs is 1. The van der Waals surface area contributed by atoms with E-state index in [0.29, 0.717) is 10.0 Å². The van der Waals surface area contributed by atoms with Crippen LogP contribution in [-0.4, -0.2) is 7.05 Å². The summed E-state index contributed by atoms with van der Waals surface area (Å²) in [4.78, 5) is 0. The highest BCUT2D eigenvalue weighted by Gasteiger charge is 2.28. The molecule has 0 spiro atoms. The van der Waals surface area contributed by atoms with Crippen LogP contribution in [0.1, 0.15) is 29.7 Å². The zero-order valence-corrected chi connectivity index (χ0v) is 14.5. The van der Waals surface area contributed by atoms with Gasteiger partial charge in [0.1, 0.15) is 11.9 Å². The maximum atomic E-state index is 6.14. The van der Waals surface area contributed by atoms with Gasteiger partial charge >= 0.3 is 0 Å². The van der Waals surface area contributed by atoms with E-state index in [9.17, 15) is 0 Å². The highest BCUT2D eigenvalue weighted by Crippen LogP contribution is 2.42. The van der Waals surface area contributed by atoms with Gasteiger partial charge < -0.3 is 10.1 Å². The van der Waals surface area contributed by atoms with Crippen molar-refractivity contribution in [3.05, 3.63) is 62.0 Å². The predicted octanol–water partition coefficient (Wildman–Crippen LogP) is 5.54. The average Bonchev–Trinajstić information content (AvgIpc) is 2.45. The highest BCUT2D eigenvalue weighted by atomic mass is 79.9. The number of benzene rings is 2. The molecule has 0 amide bonds. The fraction of sp³-hybridized carbons (Fsp3) is 0.250. The number of hydrogen-bond acceptors (Lipinski definition) is 2. The Hall–Kier alpha value is -0.740. The van der Waals surface area contributed by atoms with Gasteiger partial charge in [0.05, 0.1) is 0 Å². The molecule has 2 unspecified atom stereocenters. The lowest BCUT2D eigenvalue weighted by atomic mass is 9.93. The van der Waals surface area contributed by atoms with Crippen molar-refractivity contribution >= 4 is 39.1 Å². The quantitative estimate of drug-likeness (QED) is 0.731. The molecule has 0 saturated heterocycles. The maximum Gasteiger partial charge on any atom is 0.126 e. The SMILES string of the molecule is CNC1CC(c2cc(Cl)cc(Cl)c2)Oc2ccc(Br)cc21. The molecule has 1 aliphatic rings. The van der Waals surface area contributed by atoms with Gasteiger partial charge in [-0.15, -0.1) is 0 Å². The molecule has 1 aliphatic heterocycles. The molecule has 2 nitrogen and oxygen atoms in total. The first-order chi connectivity index (χ1) is 10.1. The van der Waals surface area contributed by atoms with Gasteiger partial charge in [-0.1, -0.05) is 39.1 Å². The summed E-state index contributed by atoms with van der Waals surface area (Å²) in [6.07, 6.45) is 0.767. The molecule has 0 bridgehead atoms. The summed E-state index contributed by atoms with van der Waals surface area (Å²) in [7, 11) is 1.96. The molecule has 110 valence electrons. The largest absolute Gasteiger partial charge is 0.485 e. The minimum Gasteiger partial charge on any atom is -0.485 e. The van der Waals surface area contributed by atoms with Crippen LogP contribution in [-0.2, 0) is 0 Å². The van der Waals surface area contributed by atoms with E-state index in [0.717, 1.165) is 27.8 Å². The third-order valence-corrected chi connectivity index (χ3v) is 4.60. The van der Waals surface area contributed by atoms with E-state index in [4.69, 9.17) is 27.9 Å². The zero-order chi connectivity index (χ0) is 15.0. The van der Waals surface area contributed by atoms with Gasteiger partial charge in [-0.2, -0.15) is 0 Å². The molecular weight excluding hydrogens is 373 g/mol. The van der Waals surface area contributed by atoms with E-state index in [1.807, 2.05) is 31.3 Å². The van der Waals surface area contributed by atoms with E-state index < -0.39 is 0 Å². The molecule has 2 aromatic rings. The summed E-state index contributed by atoms with van der Waals surface area (Å²) in [5, 5.41) is 4.61. The van der Waals surface area contributed by atoms with Crippen LogP contribution < -0.4 is 10.1 Å². The van der Waals surface area contributed by atoms with E-state index in [1.165, 1.54) is 0 Å². The Balaban J connectivity index is 1.98. The molecule has 0 radical (unpaired) electrons. The minimum atomic E-state index is -0.0627. The number of halogens is 3. The van der Waals surface area contributed by atoms with Crippen molar-refractivity contribution in [1.82, 2.24) is 5.32 Å². The smallest absolute Gasteiger partial charge is 0.126 e. The van der Waals surface area contributed by atoms with E-state index in [-0.39, 0.29) is 12.1 Å². The molecule has 1 N–H and O–H groups in total. The molecule has 5 heteroatoms. The van der Waals surface area contributed by atoms with Gasteiger partial charge in [-0.3, -0.25) is 0 Å². The van der Waals surface area contributed by atoms with Crippen molar-refractivity contribution in [1.29, 1.82) is 0 Å². The number of nitrogens with one attached hydrogen (secondary N) is 1. The predicted molar refractivity (Wildman–Crippen MR) is 90.4 cm³/mol. The summed E-state index contributed by atoms with van der Waals surface area (Å²) >= 11 is 15.7. The molecule has 2 atom stereocenters. The molecule has 2 aromatic carbocycles. The van der Waals surface area contributed by atoms with Crippen LogP contribution >= 0.6 is 39.1 Å². The molecular formula is C16H14BrCl2NO. The summed E-state index contributed by atoms with van der Waals surface area (Å²) in [5.74, 6) is 0.893. The van der Waals surface area contributed by atoms with Crippen molar-refractivity contribution in [2.75, 3.05) is 7.05 Å². The molecule has 0 fully saturated rings. The molecule has 1 heterocycles. The fourth-order valence-corrected chi connectivity index (χ4v) is 3.60. The normalized spacial score (nSPS) is 20.8. The number of hydrogen-bond donors (Lipinski definition) is 1. The fourth-order valence-electron chi connectivity index (χ4n) is 2.68. The van der Waals surface area contributed by atoms with Crippen molar-refractivity contribution in [2.24, 2.45) is 0 Å². The Morgan fingerprint density at radius 1 is 1.14 bits per heavy atom. The Kier molecular flexibility index (Phi) is 4.46. The lowest BCUT2D eigenvalue weighted by Gasteiger charge is -2.32. The van der Waals surface area contributed by atoms with Crippen LogP contribution in [0.5, 0.6) is 5.75 Å². The third-order valence-electron chi connectivity index (χ3n) is 3.67. The first kappa shape index (κ1) is 15.2. The van der Waals surface area contributed by atoms with Gasteiger partial charge in [0.2, 0.25) is 0 Å². The molecule has 0 aromatic heterocycles. The number of ether oxygens (including phenoxy) is 1. The Morgan fingerprint density at radius 2 is 1.86 bits per heavy atom. The molecule has 0 saturated carbocycles. The second-order valence-corrected chi connectivity index (χ2v) is 6.86. The summed E-state index contributed by atoms with van der Waals surface area (Å²) in [6, 6.07) is 11.9. The number of rotatable bonds is 2. The standard InChI is InChI=1S/C16H14BrCl2NO/c1-20-14-8-16(9-4-11(18)7-12(19)5-9)21-15-3-2-10(17)6-13(14)15/h2-7,14,16,20H,8H2,1H3. The van der Waals surface area contributed by atoms with Gasteiger partial charge in [-0.25, -0.2) is 0 Å². The monoisotopic (exact) mass is 385 g/mol. The molecule has 3 rings (SSSR count). The van der Waals surface area contributed by atoms with E-state index >= 15 is 0 Å². The van der Waals surface area contributed by atoms with Gasteiger partial charge in [0, 0.05) is 32.5 Å². The first-order valence-corrected chi connectivity index (χ1v) is 8.21. The van der Waals surface area contributed by atoms with Crippen LogP contribution in [0.3, 0.4) is 0 Å². The Morgan fingerprint density at radius 3 is 2.52 bits per heavy atom. The topological polar surface area (TPSA) is 21.3 Å². The van der Waals surface area contributed by atoms with Crippen LogP contribution in [0.4, 0.5) is 0 Å². The second-order valence-electron chi connectivity index (χ2n) is 5.07. The van der Waals surface area contributed by atoms with Crippen LogP contribution in [0.15, 0.2) is 40.9 Å². The van der Waals surface area contributed by atoms with Gasteiger partial charge in [0.25, 0.3) is 0 Å². The van der Waals surface area contributed by atoms with Crippen molar-refractivity contribution in [2.45, 2.75) is 18.6 Å². The zero-order valence-electron chi connectivity index (χ0n) is 11.4. The van der Waals surface area contributed by atoms with Crippen LogP contribution in [0, 0.1) is 0 Å². The molecule has 21 heavy (non-hydrogen) atoms. The lowest BCUT2D eigenvalue weighted by molar-refractivity contribution is 0.154. The first-order valence-electron chi connectivity index (χ1n) is 6.66. The lowest BCUT2D eigenvalue weighted by Crippen LogP contribution is -2.26. The van der Waals surface area contributed by atoms with Crippen molar-refractivity contribution in [3.8, 4) is 5.75 Å². The summed E-state index contributed by atoms with van der Waals surface area (Å²) < 4.78 is 7.19. The van der Waals surface area contributed by atoms with Gasteiger partial charge in [-0.05, 0) is 49.0 Å². The summed E-state index contributed by atoms with van der Waals surface area (Å²) in [6.45, 7) is 0. The third kappa shape index (κ3) is 3.21. The summed E-state index contributed by atoms with van der Waals surface area (Å²) in [5.41, 5.74) is 2.16. The Bertz CT molecular complexity index is 657. The van der Waals surface area contributed by atoms with Crippen LogP contribution in [0.25, 0.3) is 0 Å². The van der Waals surface area contributed by atoms with Crippen LogP contribution in [0.2, 0.25) is 10.0 Å². The average molecular weight is 387 g/mol. The molecule has 0 aliphatic carbocycles. The van der Waals surface area contributed by atoms with Crippen molar-refractivity contribution < 1.29 is 4.74 Å². The van der Waals surface area contributed by atoms with E-state index in [1.54, 1.807) is 6.07 Å². The highest BCUT2D eigenvalue weighted by molar-refractivity contribution is 9.10.